The van der Waals surface area contributed by atoms with Gasteiger partial charge in [-0.25, -0.2) is 4.79 Å². The van der Waals surface area contributed by atoms with Crippen molar-refractivity contribution in [1.29, 1.82) is 0 Å². The molecule has 1 aromatic carbocycles. The molecule has 0 aliphatic heterocycles. The van der Waals surface area contributed by atoms with Gasteiger partial charge in [-0.3, -0.25) is 4.79 Å². The van der Waals surface area contributed by atoms with E-state index in [1.54, 1.807) is 12.1 Å². The SMILES string of the molecule is CCC(C)(CC)OC(=O)CCCCCC(C)(CC)OC(=O)c1ccccc1. The minimum absolute atomic E-state index is 0.116. The summed E-state index contributed by atoms with van der Waals surface area (Å²) in [5.74, 6) is -0.392. The van der Waals surface area contributed by atoms with Gasteiger partial charge in [0.15, 0.2) is 0 Å². The smallest absolute Gasteiger partial charge is 0.338 e. The zero-order valence-corrected chi connectivity index (χ0v) is 17.7. The molecule has 0 aliphatic carbocycles. The highest BCUT2D eigenvalue weighted by molar-refractivity contribution is 5.89. The second kappa shape index (κ2) is 11.1. The van der Waals surface area contributed by atoms with Crippen LogP contribution in [0, 0.1) is 0 Å². The van der Waals surface area contributed by atoms with Crippen LogP contribution in [-0.2, 0) is 14.3 Å². The molecule has 0 bridgehead atoms. The number of esters is 2. The van der Waals surface area contributed by atoms with E-state index in [-0.39, 0.29) is 17.5 Å². The van der Waals surface area contributed by atoms with Crippen LogP contribution >= 0.6 is 0 Å². The Labute approximate surface area is 164 Å². The fourth-order valence-electron chi connectivity index (χ4n) is 2.82. The molecule has 1 rings (SSSR count). The summed E-state index contributed by atoms with van der Waals surface area (Å²) < 4.78 is 11.4. The van der Waals surface area contributed by atoms with Crippen molar-refractivity contribution in [1.82, 2.24) is 0 Å². The number of hydrogen-bond acceptors (Lipinski definition) is 4. The van der Waals surface area contributed by atoms with E-state index < -0.39 is 5.60 Å². The monoisotopic (exact) mass is 376 g/mol. The minimum Gasteiger partial charge on any atom is -0.459 e. The number of ether oxygens (including phenoxy) is 2. The highest BCUT2D eigenvalue weighted by Gasteiger charge is 2.27. The standard InChI is InChI=1S/C23H36O4/c1-6-22(4,7-2)26-20(24)17-13-10-14-18-23(5,8-3)27-21(25)19-15-11-9-12-16-19/h9,11-12,15-16H,6-8,10,13-14,17-18H2,1-5H3. The van der Waals surface area contributed by atoms with E-state index in [0.29, 0.717) is 12.0 Å². The molecule has 0 saturated heterocycles. The van der Waals surface area contributed by atoms with Crippen LogP contribution in [0.25, 0.3) is 0 Å². The number of unbranched alkanes of at least 4 members (excludes halogenated alkanes) is 2. The summed E-state index contributed by atoms with van der Waals surface area (Å²) in [6, 6.07) is 9.08. The van der Waals surface area contributed by atoms with Crippen LogP contribution in [0.5, 0.6) is 0 Å². The second-order valence-corrected chi connectivity index (χ2v) is 7.75. The molecule has 0 spiro atoms. The average Bonchev–Trinajstić information content (AvgIpc) is 2.68. The zero-order valence-electron chi connectivity index (χ0n) is 17.7. The molecule has 0 heterocycles. The number of rotatable bonds is 12. The van der Waals surface area contributed by atoms with Crippen molar-refractivity contribution in [2.24, 2.45) is 0 Å². The first-order valence-electron chi connectivity index (χ1n) is 10.3. The predicted molar refractivity (Wildman–Crippen MR) is 109 cm³/mol. The molecule has 4 nitrogen and oxygen atoms in total. The molecule has 4 heteroatoms. The van der Waals surface area contributed by atoms with Crippen molar-refractivity contribution in [3.8, 4) is 0 Å². The van der Waals surface area contributed by atoms with Gasteiger partial charge in [-0.15, -0.1) is 0 Å². The Morgan fingerprint density at radius 2 is 1.41 bits per heavy atom. The highest BCUT2D eigenvalue weighted by Crippen LogP contribution is 2.25. The Bertz CT molecular complexity index is 577. The summed E-state index contributed by atoms with van der Waals surface area (Å²) in [5, 5.41) is 0. The Kier molecular flexibility index (Phi) is 9.54. The van der Waals surface area contributed by atoms with Gasteiger partial charge in [0.2, 0.25) is 0 Å². The molecule has 1 unspecified atom stereocenters. The Morgan fingerprint density at radius 1 is 0.815 bits per heavy atom. The van der Waals surface area contributed by atoms with Gasteiger partial charge >= 0.3 is 11.9 Å². The van der Waals surface area contributed by atoms with E-state index in [4.69, 9.17) is 9.47 Å². The molecule has 1 atom stereocenters. The normalized spacial score (nSPS) is 13.7. The Morgan fingerprint density at radius 3 is 1.96 bits per heavy atom. The average molecular weight is 377 g/mol. The third-order valence-corrected chi connectivity index (χ3v) is 5.54. The molecule has 1 aromatic rings. The molecule has 0 aliphatic rings. The fourth-order valence-corrected chi connectivity index (χ4v) is 2.82. The first-order valence-corrected chi connectivity index (χ1v) is 10.3. The molecule has 0 radical (unpaired) electrons. The third kappa shape index (κ3) is 8.15. The van der Waals surface area contributed by atoms with Crippen molar-refractivity contribution >= 4 is 11.9 Å². The van der Waals surface area contributed by atoms with Crippen LogP contribution < -0.4 is 0 Å². The maximum Gasteiger partial charge on any atom is 0.338 e. The van der Waals surface area contributed by atoms with Crippen molar-refractivity contribution < 1.29 is 19.1 Å². The van der Waals surface area contributed by atoms with E-state index in [2.05, 4.69) is 0 Å². The van der Waals surface area contributed by atoms with Gasteiger partial charge in [-0.1, -0.05) is 45.4 Å². The van der Waals surface area contributed by atoms with Crippen molar-refractivity contribution in [3.63, 3.8) is 0 Å². The largest absolute Gasteiger partial charge is 0.459 e. The third-order valence-electron chi connectivity index (χ3n) is 5.54. The lowest BCUT2D eigenvalue weighted by molar-refractivity contribution is -0.158. The van der Waals surface area contributed by atoms with Crippen molar-refractivity contribution in [2.45, 2.75) is 97.2 Å². The summed E-state index contributed by atoms with van der Waals surface area (Å²) in [6.45, 7) is 10.1. The number of hydrogen-bond donors (Lipinski definition) is 0. The van der Waals surface area contributed by atoms with Crippen LogP contribution in [0.4, 0.5) is 0 Å². The zero-order chi connectivity index (χ0) is 20.3. The van der Waals surface area contributed by atoms with Gasteiger partial charge in [0, 0.05) is 6.42 Å². The van der Waals surface area contributed by atoms with E-state index in [9.17, 15) is 9.59 Å². The van der Waals surface area contributed by atoms with E-state index in [0.717, 1.165) is 44.9 Å². The van der Waals surface area contributed by atoms with Crippen molar-refractivity contribution in [3.05, 3.63) is 35.9 Å². The van der Waals surface area contributed by atoms with Gasteiger partial charge in [-0.05, 0) is 64.5 Å². The van der Waals surface area contributed by atoms with E-state index in [1.807, 2.05) is 52.8 Å². The van der Waals surface area contributed by atoms with Crippen molar-refractivity contribution in [2.75, 3.05) is 0 Å². The number of benzene rings is 1. The second-order valence-electron chi connectivity index (χ2n) is 7.75. The quantitative estimate of drug-likeness (QED) is 0.327. The van der Waals surface area contributed by atoms with Crippen LogP contribution in [0.2, 0.25) is 0 Å². The van der Waals surface area contributed by atoms with Crippen LogP contribution in [0.15, 0.2) is 30.3 Å². The summed E-state index contributed by atoms with van der Waals surface area (Å²) in [5.41, 5.74) is -0.241. The topological polar surface area (TPSA) is 52.6 Å². The molecular weight excluding hydrogens is 340 g/mol. The number of carbonyl (C=O) groups is 2. The molecule has 27 heavy (non-hydrogen) atoms. The minimum atomic E-state index is -0.476. The summed E-state index contributed by atoms with van der Waals surface area (Å²) in [7, 11) is 0. The fraction of sp³-hybridized carbons (Fsp3) is 0.652. The van der Waals surface area contributed by atoms with Crippen LogP contribution in [0.3, 0.4) is 0 Å². The molecule has 152 valence electrons. The Hall–Kier alpha value is -1.84. The van der Waals surface area contributed by atoms with Gasteiger partial charge in [0.25, 0.3) is 0 Å². The number of carbonyl (C=O) groups excluding carboxylic acids is 2. The molecule has 0 N–H and O–H groups in total. The van der Waals surface area contributed by atoms with Gasteiger partial charge < -0.3 is 9.47 Å². The highest BCUT2D eigenvalue weighted by atomic mass is 16.6. The van der Waals surface area contributed by atoms with Crippen LogP contribution in [-0.4, -0.2) is 23.1 Å². The maximum atomic E-state index is 12.3. The van der Waals surface area contributed by atoms with E-state index in [1.165, 1.54) is 0 Å². The van der Waals surface area contributed by atoms with Gasteiger partial charge in [0.1, 0.15) is 11.2 Å². The summed E-state index contributed by atoms with van der Waals surface area (Å²) >= 11 is 0. The Balaban J connectivity index is 2.36. The van der Waals surface area contributed by atoms with Gasteiger partial charge in [-0.2, -0.15) is 0 Å². The van der Waals surface area contributed by atoms with E-state index >= 15 is 0 Å². The molecule has 0 aromatic heterocycles. The predicted octanol–water partition coefficient (Wildman–Crippen LogP) is 6.08. The lowest BCUT2D eigenvalue weighted by Crippen LogP contribution is -2.31. The van der Waals surface area contributed by atoms with Gasteiger partial charge in [0.05, 0.1) is 5.56 Å². The first kappa shape index (κ1) is 23.2. The molecule has 0 fully saturated rings. The van der Waals surface area contributed by atoms with Crippen LogP contribution in [0.1, 0.15) is 96.3 Å². The molecular formula is C23H36O4. The lowest BCUT2D eigenvalue weighted by Gasteiger charge is -2.28. The maximum absolute atomic E-state index is 12.3. The lowest BCUT2D eigenvalue weighted by atomic mass is 9.94. The first-order chi connectivity index (χ1) is 12.8. The summed E-state index contributed by atoms with van der Waals surface area (Å²) in [6.07, 6.45) is 6.30. The summed E-state index contributed by atoms with van der Waals surface area (Å²) in [4.78, 5) is 24.3. The molecule has 0 saturated carbocycles. The molecule has 0 amide bonds.